The monoisotopic (exact) mass is 450 g/mol. The number of nitrogens with one attached hydrogen (secondary N) is 2. The second kappa shape index (κ2) is 10.0. The Hall–Kier alpha value is -2.09. The predicted octanol–water partition coefficient (Wildman–Crippen LogP) is 3.44. The molecule has 1 atom stereocenters. The topological polar surface area (TPSA) is 58.5 Å². The van der Waals surface area contributed by atoms with Crippen molar-refractivity contribution in [1.82, 2.24) is 15.6 Å². The highest BCUT2D eigenvalue weighted by atomic mass is 127. The molecule has 0 saturated carbocycles. The summed E-state index contributed by atoms with van der Waals surface area (Å²) < 4.78 is 5.72. The van der Waals surface area contributed by atoms with Crippen molar-refractivity contribution in [3.63, 3.8) is 0 Å². The highest BCUT2D eigenvalue weighted by molar-refractivity contribution is 14.0. The van der Waals surface area contributed by atoms with E-state index in [-0.39, 0.29) is 30.0 Å². The standard InChI is InChI=1S/C19H22N4O.HI/c1-2-11-21-19(22-14-15-7-5-6-12-20-15)23-17-10-13-24-18-9-4-3-8-16(17)18;/h2-9,12,17H,1,10-11,13-14H2,(H2,21,22,23);1H. The Morgan fingerprint density at radius 3 is 2.92 bits per heavy atom. The van der Waals surface area contributed by atoms with Crippen molar-refractivity contribution >= 4 is 29.9 Å². The molecule has 5 nitrogen and oxygen atoms in total. The number of aromatic nitrogens is 1. The van der Waals surface area contributed by atoms with Crippen LogP contribution in [0.25, 0.3) is 0 Å². The molecule has 0 fully saturated rings. The summed E-state index contributed by atoms with van der Waals surface area (Å²) in [6.45, 7) is 5.63. The van der Waals surface area contributed by atoms with Crippen LogP contribution in [0, 0.1) is 0 Å². The summed E-state index contributed by atoms with van der Waals surface area (Å²) in [5, 5.41) is 6.77. The highest BCUT2D eigenvalue weighted by Crippen LogP contribution is 2.31. The maximum Gasteiger partial charge on any atom is 0.192 e. The fourth-order valence-corrected chi connectivity index (χ4v) is 2.63. The molecule has 0 saturated heterocycles. The van der Waals surface area contributed by atoms with E-state index < -0.39 is 0 Å². The summed E-state index contributed by atoms with van der Waals surface area (Å²) in [5.74, 6) is 1.69. The molecule has 3 rings (SSSR count). The molecule has 1 unspecified atom stereocenters. The van der Waals surface area contributed by atoms with Crippen molar-refractivity contribution in [2.45, 2.75) is 19.0 Å². The molecule has 1 aromatic heterocycles. The van der Waals surface area contributed by atoms with Crippen LogP contribution in [0.3, 0.4) is 0 Å². The summed E-state index contributed by atoms with van der Waals surface area (Å²) in [6, 6.07) is 14.1. The molecule has 0 bridgehead atoms. The van der Waals surface area contributed by atoms with Gasteiger partial charge in [0.2, 0.25) is 0 Å². The molecule has 6 heteroatoms. The largest absolute Gasteiger partial charge is 0.493 e. The van der Waals surface area contributed by atoms with E-state index in [4.69, 9.17) is 4.74 Å². The summed E-state index contributed by atoms with van der Waals surface area (Å²) >= 11 is 0. The van der Waals surface area contributed by atoms with Gasteiger partial charge in [-0.15, -0.1) is 30.6 Å². The summed E-state index contributed by atoms with van der Waals surface area (Å²) in [4.78, 5) is 8.95. The van der Waals surface area contributed by atoms with Gasteiger partial charge in [0, 0.05) is 24.7 Å². The molecule has 0 spiro atoms. The lowest BCUT2D eigenvalue weighted by Crippen LogP contribution is -2.41. The number of nitrogens with zero attached hydrogens (tertiary/aromatic N) is 2. The van der Waals surface area contributed by atoms with E-state index in [2.05, 4.69) is 33.3 Å². The second-order valence-electron chi connectivity index (χ2n) is 5.53. The maximum atomic E-state index is 5.72. The lowest BCUT2D eigenvalue weighted by Gasteiger charge is -2.28. The van der Waals surface area contributed by atoms with Crippen LogP contribution in [0.4, 0.5) is 0 Å². The van der Waals surface area contributed by atoms with Crippen LogP contribution >= 0.6 is 24.0 Å². The maximum absolute atomic E-state index is 5.72. The van der Waals surface area contributed by atoms with E-state index in [9.17, 15) is 0 Å². The molecule has 0 radical (unpaired) electrons. The third-order valence-corrected chi connectivity index (χ3v) is 3.81. The molecule has 0 amide bonds. The zero-order chi connectivity index (χ0) is 16.6. The number of guanidine groups is 1. The predicted molar refractivity (Wildman–Crippen MR) is 111 cm³/mol. The van der Waals surface area contributed by atoms with Crippen LogP contribution in [0.2, 0.25) is 0 Å². The zero-order valence-electron chi connectivity index (χ0n) is 14.0. The molecule has 25 heavy (non-hydrogen) atoms. The van der Waals surface area contributed by atoms with E-state index in [1.165, 1.54) is 0 Å². The van der Waals surface area contributed by atoms with Crippen molar-refractivity contribution in [2.24, 2.45) is 4.99 Å². The second-order valence-corrected chi connectivity index (χ2v) is 5.53. The van der Waals surface area contributed by atoms with E-state index >= 15 is 0 Å². The molecule has 0 aliphatic carbocycles. The lowest BCUT2D eigenvalue weighted by molar-refractivity contribution is 0.261. The minimum atomic E-state index is 0. The summed E-state index contributed by atoms with van der Waals surface area (Å²) in [6.07, 6.45) is 4.50. The average molecular weight is 450 g/mol. The molecular formula is C19H23IN4O. The Kier molecular flexibility index (Phi) is 7.72. The summed E-state index contributed by atoms with van der Waals surface area (Å²) in [7, 11) is 0. The van der Waals surface area contributed by atoms with Crippen molar-refractivity contribution < 1.29 is 4.74 Å². The Morgan fingerprint density at radius 2 is 2.12 bits per heavy atom. The van der Waals surface area contributed by atoms with E-state index in [1.54, 1.807) is 6.20 Å². The molecule has 2 N–H and O–H groups in total. The molecule has 1 aliphatic rings. The third-order valence-electron chi connectivity index (χ3n) is 3.81. The van der Waals surface area contributed by atoms with Gasteiger partial charge in [-0.2, -0.15) is 0 Å². The first kappa shape index (κ1) is 19.2. The van der Waals surface area contributed by atoms with Crippen molar-refractivity contribution in [3.8, 4) is 5.75 Å². The van der Waals surface area contributed by atoms with Crippen LogP contribution in [-0.2, 0) is 6.54 Å². The normalized spacial score (nSPS) is 16.0. The number of rotatable bonds is 5. The van der Waals surface area contributed by atoms with Crippen molar-refractivity contribution in [3.05, 3.63) is 72.6 Å². The molecule has 2 aromatic rings. The van der Waals surface area contributed by atoms with E-state index in [1.807, 2.05) is 42.5 Å². The quantitative estimate of drug-likeness (QED) is 0.317. The minimum Gasteiger partial charge on any atom is -0.493 e. The number of halogens is 1. The number of pyridine rings is 1. The number of para-hydroxylation sites is 1. The third kappa shape index (κ3) is 5.45. The van der Waals surface area contributed by atoms with Gasteiger partial charge >= 0.3 is 0 Å². The Labute approximate surface area is 165 Å². The highest BCUT2D eigenvalue weighted by Gasteiger charge is 2.21. The van der Waals surface area contributed by atoms with Gasteiger partial charge in [0.1, 0.15) is 5.75 Å². The fraction of sp³-hybridized carbons (Fsp3) is 0.263. The van der Waals surface area contributed by atoms with Gasteiger partial charge in [0.25, 0.3) is 0 Å². The first-order valence-electron chi connectivity index (χ1n) is 8.14. The smallest absolute Gasteiger partial charge is 0.192 e. The average Bonchev–Trinajstić information content (AvgIpc) is 2.65. The minimum absolute atomic E-state index is 0. The Morgan fingerprint density at radius 1 is 1.28 bits per heavy atom. The molecular weight excluding hydrogens is 427 g/mol. The number of fused-ring (bicyclic) bond motifs is 1. The van der Waals surface area contributed by atoms with Gasteiger partial charge in [-0.1, -0.05) is 30.3 Å². The van der Waals surface area contributed by atoms with E-state index in [0.29, 0.717) is 19.7 Å². The number of hydrogen-bond donors (Lipinski definition) is 2. The molecule has 132 valence electrons. The number of ether oxygens (including phenoxy) is 1. The van der Waals surface area contributed by atoms with Crippen molar-refractivity contribution in [2.75, 3.05) is 13.2 Å². The molecule has 2 heterocycles. The fourth-order valence-electron chi connectivity index (χ4n) is 2.63. The first-order valence-corrected chi connectivity index (χ1v) is 8.14. The lowest BCUT2D eigenvalue weighted by atomic mass is 10.0. The van der Waals surface area contributed by atoms with Crippen LogP contribution in [0.1, 0.15) is 23.7 Å². The van der Waals surface area contributed by atoms with Gasteiger partial charge in [0.05, 0.1) is 24.9 Å². The van der Waals surface area contributed by atoms with Crippen LogP contribution in [0.15, 0.2) is 66.3 Å². The molecule has 1 aromatic carbocycles. The Balaban J connectivity index is 0.00000225. The molecule has 1 aliphatic heterocycles. The van der Waals surface area contributed by atoms with Crippen LogP contribution in [-0.4, -0.2) is 24.1 Å². The zero-order valence-corrected chi connectivity index (χ0v) is 16.4. The van der Waals surface area contributed by atoms with Crippen LogP contribution in [0.5, 0.6) is 5.75 Å². The SMILES string of the molecule is C=CCNC(=NCc1ccccn1)NC1CCOc2ccccc21.I. The number of benzene rings is 1. The van der Waals surface area contributed by atoms with Gasteiger partial charge < -0.3 is 15.4 Å². The van der Waals surface area contributed by atoms with Gasteiger partial charge in [-0.3, -0.25) is 4.98 Å². The van der Waals surface area contributed by atoms with Crippen molar-refractivity contribution in [1.29, 1.82) is 0 Å². The Bertz CT molecular complexity index is 706. The summed E-state index contributed by atoms with van der Waals surface area (Å²) in [5.41, 5.74) is 2.10. The first-order chi connectivity index (χ1) is 11.9. The van der Waals surface area contributed by atoms with Gasteiger partial charge in [0.15, 0.2) is 5.96 Å². The van der Waals surface area contributed by atoms with Gasteiger partial charge in [-0.25, -0.2) is 4.99 Å². The number of hydrogen-bond acceptors (Lipinski definition) is 3. The van der Waals surface area contributed by atoms with Gasteiger partial charge in [-0.05, 0) is 18.2 Å². The number of aliphatic imine (C=N–C) groups is 1. The van der Waals surface area contributed by atoms with E-state index in [0.717, 1.165) is 29.4 Å². The van der Waals surface area contributed by atoms with Crippen LogP contribution < -0.4 is 15.4 Å².